The van der Waals surface area contributed by atoms with Crippen molar-refractivity contribution < 1.29 is 9.50 Å². The number of halogens is 1. The number of nitrogens with zero attached hydrogens (tertiary/aromatic N) is 3. The second-order valence-corrected chi connectivity index (χ2v) is 3.94. The van der Waals surface area contributed by atoms with Crippen molar-refractivity contribution in [2.45, 2.75) is 6.54 Å². The van der Waals surface area contributed by atoms with Crippen LogP contribution in [0.25, 0.3) is 0 Å². The molecular formula is C13H12FN3O2. The van der Waals surface area contributed by atoms with Crippen molar-refractivity contribution in [2.24, 2.45) is 7.05 Å². The zero-order valence-electron chi connectivity index (χ0n) is 10.3. The summed E-state index contributed by atoms with van der Waals surface area (Å²) in [5, 5.41) is 12.6. The average Bonchev–Trinajstić information content (AvgIpc) is 2.71. The van der Waals surface area contributed by atoms with E-state index in [9.17, 15) is 9.18 Å². The van der Waals surface area contributed by atoms with Crippen LogP contribution >= 0.6 is 0 Å². The fourth-order valence-corrected chi connectivity index (χ4v) is 1.63. The van der Waals surface area contributed by atoms with Crippen LogP contribution in [0.3, 0.4) is 0 Å². The fourth-order valence-electron chi connectivity index (χ4n) is 1.63. The van der Waals surface area contributed by atoms with Gasteiger partial charge >= 0.3 is 5.69 Å². The van der Waals surface area contributed by atoms with Gasteiger partial charge in [0.25, 0.3) is 0 Å². The molecule has 0 spiro atoms. The molecule has 0 radical (unpaired) electrons. The SMILES string of the molecule is Cn1cnn(Cc2ccc(F)cc2C#CCO)c1=O. The summed E-state index contributed by atoms with van der Waals surface area (Å²) < 4.78 is 15.8. The van der Waals surface area contributed by atoms with Crippen LogP contribution in [-0.2, 0) is 13.6 Å². The lowest BCUT2D eigenvalue weighted by Gasteiger charge is -2.04. The zero-order valence-corrected chi connectivity index (χ0v) is 10.3. The summed E-state index contributed by atoms with van der Waals surface area (Å²) in [4.78, 5) is 11.7. The van der Waals surface area contributed by atoms with Crippen molar-refractivity contribution in [3.8, 4) is 11.8 Å². The number of aromatic nitrogens is 3. The van der Waals surface area contributed by atoms with Gasteiger partial charge in [-0.15, -0.1) is 0 Å². The number of hydrogen-bond donors (Lipinski definition) is 1. The second kappa shape index (κ2) is 5.50. The maximum Gasteiger partial charge on any atom is 0.345 e. The minimum atomic E-state index is -0.417. The highest BCUT2D eigenvalue weighted by atomic mass is 19.1. The van der Waals surface area contributed by atoms with E-state index >= 15 is 0 Å². The molecule has 0 atom stereocenters. The molecule has 1 N–H and O–H groups in total. The number of aliphatic hydroxyl groups is 1. The van der Waals surface area contributed by atoms with Gasteiger partial charge in [0.15, 0.2) is 0 Å². The molecule has 1 aromatic heterocycles. The van der Waals surface area contributed by atoms with Crippen molar-refractivity contribution in [2.75, 3.05) is 6.61 Å². The van der Waals surface area contributed by atoms with Crippen molar-refractivity contribution in [3.05, 3.63) is 52.0 Å². The van der Waals surface area contributed by atoms with Gasteiger partial charge in [-0.1, -0.05) is 17.9 Å². The Morgan fingerprint density at radius 1 is 1.47 bits per heavy atom. The van der Waals surface area contributed by atoms with Gasteiger partial charge in [-0.05, 0) is 17.7 Å². The summed E-state index contributed by atoms with van der Waals surface area (Å²) in [5.41, 5.74) is 0.847. The summed E-state index contributed by atoms with van der Waals surface area (Å²) in [5.74, 6) is 4.71. The van der Waals surface area contributed by atoms with Crippen LogP contribution in [0.15, 0.2) is 29.3 Å². The fraction of sp³-hybridized carbons (Fsp3) is 0.231. The van der Waals surface area contributed by atoms with Crippen molar-refractivity contribution in [1.29, 1.82) is 0 Å². The van der Waals surface area contributed by atoms with Gasteiger partial charge in [0.05, 0.1) is 6.54 Å². The molecule has 19 heavy (non-hydrogen) atoms. The molecule has 1 heterocycles. The summed E-state index contributed by atoms with van der Waals surface area (Å²) in [6.45, 7) is -0.102. The third kappa shape index (κ3) is 2.89. The maximum atomic E-state index is 13.2. The van der Waals surface area contributed by atoms with Crippen LogP contribution in [0.4, 0.5) is 4.39 Å². The van der Waals surface area contributed by atoms with Gasteiger partial charge in [-0.3, -0.25) is 4.57 Å². The van der Waals surface area contributed by atoms with Gasteiger partial charge in [-0.2, -0.15) is 5.10 Å². The third-order valence-electron chi connectivity index (χ3n) is 2.58. The quantitative estimate of drug-likeness (QED) is 0.781. The topological polar surface area (TPSA) is 60.1 Å². The summed E-state index contributed by atoms with van der Waals surface area (Å²) >= 11 is 0. The molecule has 0 aliphatic heterocycles. The van der Waals surface area contributed by atoms with E-state index in [0.717, 1.165) is 0 Å². The standard InChI is InChI=1S/C13H12FN3O2/c1-16-9-15-17(13(16)19)8-11-4-5-12(14)7-10(11)3-2-6-18/h4-5,7,9,18H,6,8H2,1H3. The predicted molar refractivity (Wildman–Crippen MR) is 66.9 cm³/mol. The molecule has 0 aliphatic carbocycles. The molecule has 0 fully saturated rings. The maximum absolute atomic E-state index is 13.2. The van der Waals surface area contributed by atoms with E-state index in [1.165, 1.54) is 27.7 Å². The highest BCUT2D eigenvalue weighted by Gasteiger charge is 2.07. The van der Waals surface area contributed by atoms with Crippen LogP contribution in [0.2, 0.25) is 0 Å². The largest absolute Gasteiger partial charge is 0.384 e. The number of hydrogen-bond acceptors (Lipinski definition) is 3. The number of aliphatic hydroxyl groups excluding tert-OH is 1. The Morgan fingerprint density at radius 3 is 2.89 bits per heavy atom. The third-order valence-corrected chi connectivity index (χ3v) is 2.58. The molecule has 0 saturated heterocycles. The number of benzene rings is 1. The second-order valence-electron chi connectivity index (χ2n) is 3.94. The van der Waals surface area contributed by atoms with E-state index in [2.05, 4.69) is 16.9 Å². The first-order valence-electron chi connectivity index (χ1n) is 5.58. The lowest BCUT2D eigenvalue weighted by atomic mass is 10.1. The Kier molecular flexibility index (Phi) is 3.78. The molecule has 1 aromatic carbocycles. The molecule has 0 saturated carbocycles. The van der Waals surface area contributed by atoms with Crippen molar-refractivity contribution >= 4 is 0 Å². The van der Waals surface area contributed by atoms with Gasteiger partial charge in [-0.25, -0.2) is 13.9 Å². The Bertz CT molecular complexity index is 707. The minimum absolute atomic E-state index is 0.204. The van der Waals surface area contributed by atoms with E-state index in [-0.39, 0.29) is 18.8 Å². The van der Waals surface area contributed by atoms with Gasteiger partial charge in [0.2, 0.25) is 0 Å². The molecule has 0 amide bonds. The normalized spacial score (nSPS) is 10.1. The molecule has 0 bridgehead atoms. The highest BCUT2D eigenvalue weighted by Crippen LogP contribution is 2.11. The first-order valence-corrected chi connectivity index (χ1v) is 5.58. The number of aryl methyl sites for hydroxylation is 1. The zero-order chi connectivity index (χ0) is 13.8. The lowest BCUT2D eigenvalue weighted by molar-refractivity contribution is 0.350. The van der Waals surface area contributed by atoms with E-state index < -0.39 is 5.82 Å². The molecule has 6 heteroatoms. The Balaban J connectivity index is 2.39. The summed E-state index contributed by atoms with van der Waals surface area (Å²) in [6.07, 6.45) is 1.41. The Morgan fingerprint density at radius 2 is 2.26 bits per heavy atom. The van der Waals surface area contributed by atoms with E-state index in [0.29, 0.717) is 11.1 Å². The van der Waals surface area contributed by atoms with Gasteiger partial charge in [0.1, 0.15) is 18.8 Å². The first-order chi connectivity index (χ1) is 9.11. The first kappa shape index (κ1) is 13.1. The predicted octanol–water partition coefficient (Wildman–Crippen LogP) is 0.113. The molecular weight excluding hydrogens is 249 g/mol. The van der Waals surface area contributed by atoms with E-state index in [4.69, 9.17) is 5.11 Å². The summed E-state index contributed by atoms with van der Waals surface area (Å²) in [7, 11) is 1.60. The molecule has 98 valence electrons. The Hall–Kier alpha value is -2.39. The van der Waals surface area contributed by atoms with E-state index in [1.807, 2.05) is 0 Å². The van der Waals surface area contributed by atoms with Crippen LogP contribution in [-0.4, -0.2) is 26.1 Å². The number of rotatable bonds is 2. The molecule has 2 rings (SSSR count). The minimum Gasteiger partial charge on any atom is -0.384 e. The lowest BCUT2D eigenvalue weighted by Crippen LogP contribution is -2.23. The molecule has 0 unspecified atom stereocenters. The molecule has 2 aromatic rings. The van der Waals surface area contributed by atoms with Crippen LogP contribution < -0.4 is 5.69 Å². The van der Waals surface area contributed by atoms with Crippen LogP contribution in [0, 0.1) is 17.7 Å². The van der Waals surface area contributed by atoms with Crippen LogP contribution in [0.1, 0.15) is 11.1 Å². The summed E-state index contributed by atoms with van der Waals surface area (Å²) in [6, 6.07) is 4.12. The average molecular weight is 261 g/mol. The van der Waals surface area contributed by atoms with Gasteiger partial charge in [0, 0.05) is 12.6 Å². The van der Waals surface area contributed by atoms with E-state index in [1.54, 1.807) is 13.1 Å². The Labute approximate surface area is 108 Å². The van der Waals surface area contributed by atoms with Crippen molar-refractivity contribution in [3.63, 3.8) is 0 Å². The smallest absolute Gasteiger partial charge is 0.345 e. The highest BCUT2D eigenvalue weighted by molar-refractivity contribution is 5.41. The monoisotopic (exact) mass is 261 g/mol. The molecule has 5 nitrogen and oxygen atoms in total. The molecule has 0 aliphatic rings. The van der Waals surface area contributed by atoms with Crippen LogP contribution in [0.5, 0.6) is 0 Å². The van der Waals surface area contributed by atoms with Crippen molar-refractivity contribution in [1.82, 2.24) is 14.3 Å². The van der Waals surface area contributed by atoms with Gasteiger partial charge < -0.3 is 5.11 Å².